The Morgan fingerprint density at radius 2 is 1.81 bits per heavy atom. The minimum absolute atomic E-state index is 0.118. The van der Waals surface area contributed by atoms with Crippen LogP contribution in [0.2, 0.25) is 0 Å². The van der Waals surface area contributed by atoms with Crippen LogP contribution in [0.15, 0.2) is 72.9 Å². The molecule has 10 heteroatoms. The summed E-state index contributed by atoms with van der Waals surface area (Å²) in [6, 6.07) is 14.6. The molecule has 37 heavy (non-hydrogen) atoms. The zero-order chi connectivity index (χ0) is 26.4. The summed E-state index contributed by atoms with van der Waals surface area (Å²) in [5.74, 6) is -0.480. The number of hydrogen-bond acceptors (Lipinski definition) is 5. The molecule has 0 saturated carbocycles. The molecule has 3 aromatic rings. The van der Waals surface area contributed by atoms with Crippen molar-refractivity contribution >= 4 is 35.1 Å². The third-order valence-electron chi connectivity index (χ3n) is 5.80. The second-order valence-electron chi connectivity index (χ2n) is 8.36. The van der Waals surface area contributed by atoms with E-state index >= 15 is 0 Å². The lowest BCUT2D eigenvalue weighted by Gasteiger charge is -2.28. The van der Waals surface area contributed by atoms with Crippen LogP contribution in [0.25, 0.3) is 6.08 Å². The highest BCUT2D eigenvalue weighted by atomic mass is 19.4. The van der Waals surface area contributed by atoms with Crippen LogP contribution in [0.1, 0.15) is 21.5 Å². The van der Waals surface area contributed by atoms with Gasteiger partial charge in [-0.15, -0.1) is 0 Å². The van der Waals surface area contributed by atoms with Gasteiger partial charge >= 0.3 is 6.18 Å². The van der Waals surface area contributed by atoms with Gasteiger partial charge in [-0.1, -0.05) is 18.2 Å². The normalized spacial score (nSPS) is 14.0. The van der Waals surface area contributed by atoms with Crippen molar-refractivity contribution in [3.63, 3.8) is 0 Å². The summed E-state index contributed by atoms with van der Waals surface area (Å²) in [4.78, 5) is 32.9. The number of carbonyl (C=O) groups excluding carboxylic acids is 2. The van der Waals surface area contributed by atoms with Gasteiger partial charge in [-0.3, -0.25) is 9.59 Å². The van der Waals surface area contributed by atoms with Gasteiger partial charge < -0.3 is 19.9 Å². The largest absolute Gasteiger partial charge is 0.416 e. The van der Waals surface area contributed by atoms with E-state index in [4.69, 9.17) is 4.74 Å². The minimum Gasteiger partial charge on any atom is -0.378 e. The Balaban J connectivity index is 1.39. The molecule has 2 amide bonds. The molecule has 192 valence electrons. The number of amides is 2. The SMILES string of the molecule is CN(C(=O)c1cccc(/C=C/C(=O)Nc2ccc(N3CCOCC3)cn2)c1)c1cccc(C(F)(F)F)c1. The molecular formula is C27H25F3N4O3. The number of alkyl halides is 3. The summed E-state index contributed by atoms with van der Waals surface area (Å²) in [5.41, 5.74) is 1.08. The van der Waals surface area contributed by atoms with E-state index < -0.39 is 23.6 Å². The highest BCUT2D eigenvalue weighted by Gasteiger charge is 2.31. The Hall–Kier alpha value is -4.18. The molecule has 7 nitrogen and oxygen atoms in total. The summed E-state index contributed by atoms with van der Waals surface area (Å²) in [7, 11) is 1.41. The van der Waals surface area contributed by atoms with Crippen LogP contribution in [0, 0.1) is 0 Å². The Bertz CT molecular complexity index is 1290. The van der Waals surface area contributed by atoms with Crippen molar-refractivity contribution in [2.45, 2.75) is 6.18 Å². The van der Waals surface area contributed by atoms with Crippen LogP contribution >= 0.6 is 0 Å². The summed E-state index contributed by atoms with van der Waals surface area (Å²) in [6.45, 7) is 2.90. The van der Waals surface area contributed by atoms with Crippen molar-refractivity contribution in [3.8, 4) is 0 Å². The highest BCUT2D eigenvalue weighted by molar-refractivity contribution is 6.06. The molecule has 1 aliphatic rings. The molecule has 0 bridgehead atoms. The van der Waals surface area contributed by atoms with Crippen LogP contribution in [0.5, 0.6) is 0 Å². The van der Waals surface area contributed by atoms with Crippen molar-refractivity contribution in [1.82, 2.24) is 4.98 Å². The van der Waals surface area contributed by atoms with E-state index in [-0.39, 0.29) is 11.3 Å². The maximum Gasteiger partial charge on any atom is 0.416 e. The Morgan fingerprint density at radius 1 is 1.05 bits per heavy atom. The molecule has 0 unspecified atom stereocenters. The number of pyridine rings is 1. The van der Waals surface area contributed by atoms with Crippen molar-refractivity contribution in [1.29, 1.82) is 0 Å². The first-order chi connectivity index (χ1) is 17.7. The zero-order valence-corrected chi connectivity index (χ0v) is 20.0. The van der Waals surface area contributed by atoms with E-state index in [0.717, 1.165) is 35.8 Å². The first-order valence-corrected chi connectivity index (χ1v) is 11.5. The van der Waals surface area contributed by atoms with Crippen LogP contribution < -0.4 is 15.1 Å². The monoisotopic (exact) mass is 510 g/mol. The number of ether oxygens (including phenoxy) is 1. The van der Waals surface area contributed by atoms with Crippen LogP contribution in [0.3, 0.4) is 0 Å². The van der Waals surface area contributed by atoms with Gasteiger partial charge in [0.2, 0.25) is 5.91 Å². The second-order valence-corrected chi connectivity index (χ2v) is 8.36. The number of nitrogens with zero attached hydrogens (tertiary/aromatic N) is 3. The summed E-state index contributed by atoms with van der Waals surface area (Å²) < 4.78 is 44.5. The first kappa shape index (κ1) is 25.9. The van der Waals surface area contributed by atoms with Crippen molar-refractivity contribution in [3.05, 3.63) is 89.6 Å². The van der Waals surface area contributed by atoms with Gasteiger partial charge in [0.25, 0.3) is 5.91 Å². The smallest absolute Gasteiger partial charge is 0.378 e. The number of aromatic nitrogens is 1. The van der Waals surface area contributed by atoms with Gasteiger partial charge in [0.15, 0.2) is 0 Å². The molecule has 2 heterocycles. The molecule has 2 aromatic carbocycles. The molecule has 1 N–H and O–H groups in total. The third-order valence-corrected chi connectivity index (χ3v) is 5.80. The fourth-order valence-corrected chi connectivity index (χ4v) is 3.79. The molecule has 0 atom stereocenters. The quantitative estimate of drug-likeness (QED) is 0.479. The average molecular weight is 511 g/mol. The summed E-state index contributed by atoms with van der Waals surface area (Å²) in [6.07, 6.45) is 0.0439. The lowest BCUT2D eigenvalue weighted by molar-refractivity contribution is -0.137. The lowest BCUT2D eigenvalue weighted by atomic mass is 10.1. The number of halogens is 3. The van der Waals surface area contributed by atoms with Crippen molar-refractivity contribution in [2.75, 3.05) is 48.5 Å². The summed E-state index contributed by atoms with van der Waals surface area (Å²) >= 11 is 0. The van der Waals surface area contributed by atoms with E-state index in [1.165, 1.54) is 25.3 Å². The molecule has 1 fully saturated rings. The fraction of sp³-hybridized carbons (Fsp3) is 0.222. The van der Waals surface area contributed by atoms with E-state index in [1.807, 2.05) is 6.07 Å². The standard InChI is InChI=1S/C27H25F3N4O3/c1-33(22-7-3-6-21(17-22)27(28,29)30)26(36)20-5-2-4-19(16-20)8-11-25(35)32-24-10-9-23(18-31-24)34-12-14-37-15-13-34/h2-11,16-18H,12-15H2,1H3,(H,31,32,35)/b11-8+. The maximum atomic E-state index is 13.0. The molecular weight excluding hydrogens is 485 g/mol. The lowest BCUT2D eigenvalue weighted by Crippen LogP contribution is -2.36. The van der Waals surface area contributed by atoms with Gasteiger partial charge in [0.1, 0.15) is 5.82 Å². The topological polar surface area (TPSA) is 74.8 Å². The third kappa shape index (κ3) is 6.73. The van der Waals surface area contributed by atoms with Crippen LogP contribution in [-0.4, -0.2) is 50.1 Å². The van der Waals surface area contributed by atoms with Gasteiger partial charge in [-0.2, -0.15) is 13.2 Å². The van der Waals surface area contributed by atoms with Crippen LogP contribution in [-0.2, 0) is 15.7 Å². The molecule has 1 aliphatic heterocycles. The number of anilines is 3. The molecule has 0 aliphatic carbocycles. The Kier molecular flexibility index (Phi) is 7.88. The second kappa shape index (κ2) is 11.3. The average Bonchev–Trinajstić information content (AvgIpc) is 2.92. The predicted octanol–water partition coefficient (Wildman–Crippen LogP) is 4.87. The van der Waals surface area contributed by atoms with Gasteiger partial charge in [-0.25, -0.2) is 4.98 Å². The molecule has 1 aromatic heterocycles. The van der Waals surface area contributed by atoms with Crippen molar-refractivity contribution in [2.24, 2.45) is 0 Å². The van der Waals surface area contributed by atoms with Crippen LogP contribution in [0.4, 0.5) is 30.4 Å². The number of carbonyl (C=O) groups is 2. The minimum atomic E-state index is -4.51. The zero-order valence-electron chi connectivity index (χ0n) is 20.0. The number of morpholine rings is 1. The molecule has 1 saturated heterocycles. The molecule has 0 radical (unpaired) electrons. The van der Waals surface area contributed by atoms with Gasteiger partial charge in [0.05, 0.1) is 30.7 Å². The fourth-order valence-electron chi connectivity index (χ4n) is 3.79. The number of nitrogens with one attached hydrogen (secondary N) is 1. The van der Waals surface area contributed by atoms with Gasteiger partial charge in [0, 0.05) is 37.5 Å². The first-order valence-electron chi connectivity index (χ1n) is 11.5. The molecule has 0 spiro atoms. The van der Waals surface area contributed by atoms with Crippen molar-refractivity contribution < 1.29 is 27.5 Å². The number of benzene rings is 2. The Morgan fingerprint density at radius 3 is 2.51 bits per heavy atom. The van der Waals surface area contributed by atoms with E-state index in [0.29, 0.717) is 24.6 Å². The highest BCUT2D eigenvalue weighted by Crippen LogP contribution is 2.31. The predicted molar refractivity (Wildman–Crippen MR) is 136 cm³/mol. The molecule has 4 rings (SSSR count). The number of rotatable bonds is 6. The summed E-state index contributed by atoms with van der Waals surface area (Å²) in [5, 5.41) is 2.69. The Labute approximate surface area is 212 Å². The van der Waals surface area contributed by atoms with E-state index in [9.17, 15) is 22.8 Å². The van der Waals surface area contributed by atoms with E-state index in [2.05, 4.69) is 15.2 Å². The van der Waals surface area contributed by atoms with Gasteiger partial charge in [-0.05, 0) is 54.1 Å². The van der Waals surface area contributed by atoms with E-state index in [1.54, 1.807) is 42.6 Å². The number of hydrogen-bond donors (Lipinski definition) is 1. The maximum absolute atomic E-state index is 13.0.